The fourth-order valence-electron chi connectivity index (χ4n) is 4.19. The molecule has 1 aliphatic carbocycles. The molecule has 0 unspecified atom stereocenters. The van der Waals surface area contributed by atoms with Gasteiger partial charge in [0, 0.05) is 18.8 Å². The van der Waals surface area contributed by atoms with Gasteiger partial charge in [-0.25, -0.2) is 4.79 Å². The number of amides is 2. The Morgan fingerprint density at radius 3 is 2.74 bits per heavy atom. The maximum absolute atomic E-state index is 12.9. The van der Waals surface area contributed by atoms with E-state index in [-0.39, 0.29) is 5.91 Å². The molecule has 6 heteroatoms. The Balaban J connectivity index is 1.59. The summed E-state index contributed by atoms with van der Waals surface area (Å²) in [5.41, 5.74) is 1.03. The molecule has 1 aliphatic heterocycles. The standard InChI is InChI=1S/C21H29ClN2O3/c1-2-3-12-27-21(26)23-17-8-9-18(19(22)13-17)20(25)24-11-10-15-6-4-5-7-16(15)14-24/h8-9,13,15-16H,2-7,10-12,14H2,1H3,(H,23,26)/t15-,16+/m1/s1. The number of halogens is 1. The van der Waals surface area contributed by atoms with Gasteiger partial charge in [0.2, 0.25) is 0 Å². The largest absolute Gasteiger partial charge is 0.449 e. The smallest absolute Gasteiger partial charge is 0.411 e. The van der Waals surface area contributed by atoms with Gasteiger partial charge in [0.15, 0.2) is 0 Å². The van der Waals surface area contributed by atoms with Gasteiger partial charge >= 0.3 is 6.09 Å². The summed E-state index contributed by atoms with van der Waals surface area (Å²) in [6.07, 6.45) is 7.53. The maximum Gasteiger partial charge on any atom is 0.411 e. The molecule has 5 nitrogen and oxygen atoms in total. The molecule has 148 valence electrons. The van der Waals surface area contributed by atoms with Gasteiger partial charge in [-0.05, 0) is 49.3 Å². The second-order valence-electron chi connectivity index (χ2n) is 7.65. The summed E-state index contributed by atoms with van der Waals surface area (Å²) in [6.45, 7) is 4.07. The van der Waals surface area contributed by atoms with E-state index in [0.717, 1.165) is 38.3 Å². The van der Waals surface area contributed by atoms with Crippen molar-refractivity contribution in [3.8, 4) is 0 Å². The van der Waals surface area contributed by atoms with Crippen LogP contribution in [0, 0.1) is 11.8 Å². The zero-order chi connectivity index (χ0) is 19.2. The number of rotatable bonds is 5. The summed E-state index contributed by atoms with van der Waals surface area (Å²) < 4.78 is 5.08. The van der Waals surface area contributed by atoms with Crippen LogP contribution in [0.2, 0.25) is 5.02 Å². The molecule has 2 fully saturated rings. The predicted molar refractivity (Wildman–Crippen MR) is 107 cm³/mol. The Morgan fingerprint density at radius 2 is 2.00 bits per heavy atom. The Morgan fingerprint density at radius 1 is 1.22 bits per heavy atom. The van der Waals surface area contributed by atoms with Crippen LogP contribution in [0.15, 0.2) is 18.2 Å². The number of anilines is 1. The first-order chi connectivity index (χ1) is 13.1. The average molecular weight is 393 g/mol. The summed E-state index contributed by atoms with van der Waals surface area (Å²) in [5, 5.41) is 3.01. The van der Waals surface area contributed by atoms with E-state index in [1.165, 1.54) is 25.7 Å². The Bertz CT molecular complexity index is 679. The minimum Gasteiger partial charge on any atom is -0.449 e. The summed E-state index contributed by atoms with van der Waals surface area (Å²) >= 11 is 6.35. The van der Waals surface area contributed by atoms with Gasteiger partial charge in [-0.2, -0.15) is 0 Å². The molecule has 2 atom stereocenters. The summed E-state index contributed by atoms with van der Waals surface area (Å²) in [4.78, 5) is 26.6. The molecule has 3 rings (SSSR count). The molecule has 0 aromatic heterocycles. The van der Waals surface area contributed by atoms with E-state index < -0.39 is 6.09 Å². The lowest BCUT2D eigenvalue weighted by atomic mass is 9.75. The van der Waals surface area contributed by atoms with Crippen LogP contribution in [0.4, 0.5) is 10.5 Å². The van der Waals surface area contributed by atoms with Crippen LogP contribution in [0.3, 0.4) is 0 Å². The molecule has 1 aromatic rings. The van der Waals surface area contributed by atoms with Crippen LogP contribution < -0.4 is 5.32 Å². The van der Waals surface area contributed by atoms with Crippen molar-refractivity contribution in [1.82, 2.24) is 4.90 Å². The number of carbonyl (C=O) groups excluding carboxylic acids is 2. The molecule has 1 N–H and O–H groups in total. The second-order valence-corrected chi connectivity index (χ2v) is 8.06. The van der Waals surface area contributed by atoms with Crippen LogP contribution in [-0.4, -0.2) is 36.6 Å². The number of carbonyl (C=O) groups is 2. The van der Waals surface area contributed by atoms with Crippen molar-refractivity contribution in [3.05, 3.63) is 28.8 Å². The lowest BCUT2D eigenvalue weighted by Crippen LogP contribution is -2.44. The minimum atomic E-state index is -0.502. The molecule has 0 spiro atoms. The van der Waals surface area contributed by atoms with Gasteiger partial charge in [0.1, 0.15) is 0 Å². The molecule has 1 aromatic carbocycles. The quantitative estimate of drug-likeness (QED) is 0.688. The molecular weight excluding hydrogens is 364 g/mol. The van der Waals surface area contributed by atoms with Gasteiger partial charge in [-0.15, -0.1) is 0 Å². The van der Waals surface area contributed by atoms with Crippen LogP contribution >= 0.6 is 11.6 Å². The van der Waals surface area contributed by atoms with E-state index in [4.69, 9.17) is 16.3 Å². The molecule has 0 bridgehead atoms. The Kier molecular flexibility index (Phi) is 7.00. The zero-order valence-electron chi connectivity index (χ0n) is 16.0. The SMILES string of the molecule is CCCCOC(=O)Nc1ccc(C(=O)N2CC[C@H]3CCCC[C@H]3C2)c(Cl)c1. The number of nitrogens with zero attached hydrogens (tertiary/aromatic N) is 1. The third kappa shape index (κ3) is 5.16. The van der Waals surface area contributed by atoms with Crippen LogP contribution in [0.5, 0.6) is 0 Å². The van der Waals surface area contributed by atoms with Gasteiger partial charge in [-0.3, -0.25) is 10.1 Å². The molecule has 1 saturated heterocycles. The number of unbranched alkanes of at least 4 members (excludes halogenated alkanes) is 1. The number of likely N-dealkylation sites (tertiary alicyclic amines) is 1. The van der Waals surface area contributed by atoms with Crippen LogP contribution in [0.25, 0.3) is 0 Å². The highest BCUT2D eigenvalue weighted by Crippen LogP contribution is 2.36. The van der Waals surface area contributed by atoms with E-state index in [1.54, 1.807) is 18.2 Å². The number of piperidine rings is 1. The number of ether oxygens (including phenoxy) is 1. The fraction of sp³-hybridized carbons (Fsp3) is 0.619. The van der Waals surface area contributed by atoms with E-state index in [9.17, 15) is 9.59 Å². The molecule has 0 radical (unpaired) electrons. The van der Waals surface area contributed by atoms with E-state index in [2.05, 4.69) is 5.32 Å². The van der Waals surface area contributed by atoms with E-state index in [1.807, 2.05) is 11.8 Å². The van der Waals surface area contributed by atoms with Gasteiger partial charge in [0.05, 0.1) is 17.2 Å². The highest BCUT2D eigenvalue weighted by molar-refractivity contribution is 6.34. The summed E-state index contributed by atoms with van der Waals surface area (Å²) in [5.74, 6) is 1.40. The van der Waals surface area contributed by atoms with Crippen molar-refractivity contribution in [2.75, 3.05) is 25.0 Å². The van der Waals surface area contributed by atoms with Gasteiger partial charge < -0.3 is 9.64 Å². The van der Waals surface area contributed by atoms with Crippen molar-refractivity contribution in [2.45, 2.75) is 51.9 Å². The van der Waals surface area contributed by atoms with Crippen molar-refractivity contribution in [1.29, 1.82) is 0 Å². The fourth-order valence-corrected chi connectivity index (χ4v) is 4.45. The van der Waals surface area contributed by atoms with E-state index in [0.29, 0.717) is 28.8 Å². The second kappa shape index (κ2) is 9.45. The van der Waals surface area contributed by atoms with Crippen LogP contribution in [-0.2, 0) is 4.74 Å². The Labute approximate surface area is 166 Å². The number of hydrogen-bond acceptors (Lipinski definition) is 3. The van der Waals surface area contributed by atoms with Gasteiger partial charge in [0.25, 0.3) is 5.91 Å². The van der Waals surface area contributed by atoms with Crippen molar-refractivity contribution < 1.29 is 14.3 Å². The highest BCUT2D eigenvalue weighted by Gasteiger charge is 2.33. The molecular formula is C21H29ClN2O3. The third-order valence-corrected chi connectivity index (χ3v) is 6.07. The zero-order valence-corrected chi connectivity index (χ0v) is 16.8. The molecule has 1 saturated carbocycles. The summed E-state index contributed by atoms with van der Waals surface area (Å²) in [7, 11) is 0. The van der Waals surface area contributed by atoms with Crippen molar-refractivity contribution >= 4 is 29.3 Å². The topological polar surface area (TPSA) is 58.6 Å². The van der Waals surface area contributed by atoms with Crippen molar-refractivity contribution in [2.24, 2.45) is 11.8 Å². The molecule has 27 heavy (non-hydrogen) atoms. The average Bonchev–Trinajstić information content (AvgIpc) is 2.67. The number of benzene rings is 1. The first kappa shape index (κ1) is 20.0. The highest BCUT2D eigenvalue weighted by atomic mass is 35.5. The van der Waals surface area contributed by atoms with Gasteiger partial charge in [-0.1, -0.05) is 44.2 Å². The first-order valence-corrected chi connectivity index (χ1v) is 10.5. The number of fused-ring (bicyclic) bond motifs is 1. The van der Waals surface area contributed by atoms with Crippen LogP contribution in [0.1, 0.15) is 62.2 Å². The lowest BCUT2D eigenvalue weighted by Gasteiger charge is -2.41. The first-order valence-electron chi connectivity index (χ1n) is 10.1. The van der Waals surface area contributed by atoms with Crippen molar-refractivity contribution in [3.63, 3.8) is 0 Å². The normalized spacial score (nSPS) is 22.1. The summed E-state index contributed by atoms with van der Waals surface area (Å²) in [6, 6.07) is 5.01. The Hall–Kier alpha value is -1.75. The number of nitrogens with one attached hydrogen (secondary N) is 1. The molecule has 2 amide bonds. The monoisotopic (exact) mass is 392 g/mol. The lowest BCUT2D eigenvalue weighted by molar-refractivity contribution is 0.0521. The third-order valence-electron chi connectivity index (χ3n) is 5.76. The molecule has 2 aliphatic rings. The minimum absolute atomic E-state index is 0.0129. The predicted octanol–water partition coefficient (Wildman–Crippen LogP) is 5.34. The van der Waals surface area contributed by atoms with E-state index >= 15 is 0 Å². The number of hydrogen-bond donors (Lipinski definition) is 1. The maximum atomic E-state index is 12.9. The molecule has 1 heterocycles.